The number of aliphatic imine (C=N–C) groups is 1. The molecule has 0 aliphatic heterocycles. The van der Waals surface area contributed by atoms with Crippen molar-refractivity contribution in [2.75, 3.05) is 39.2 Å². The van der Waals surface area contributed by atoms with Gasteiger partial charge in [0.2, 0.25) is 0 Å². The highest BCUT2D eigenvalue weighted by atomic mass is 79.9. The fraction of sp³-hybridized carbons (Fsp3) is 0.389. The van der Waals surface area contributed by atoms with Crippen LogP contribution in [-0.2, 0) is 11.2 Å². The number of ether oxygens (including phenoxy) is 2. The Morgan fingerprint density at radius 1 is 1.24 bits per heavy atom. The Bertz CT molecular complexity index is 673. The number of nitrogens with zero attached hydrogens (tertiary/aromatic N) is 1. The van der Waals surface area contributed by atoms with Crippen LogP contribution in [0.4, 0.5) is 5.69 Å². The molecule has 136 valence electrons. The van der Waals surface area contributed by atoms with Crippen LogP contribution in [0.2, 0.25) is 0 Å². The molecule has 1 heterocycles. The second kappa shape index (κ2) is 10.8. The van der Waals surface area contributed by atoms with E-state index in [-0.39, 0.29) is 0 Å². The molecule has 1 aromatic heterocycles. The van der Waals surface area contributed by atoms with Crippen LogP contribution in [0.1, 0.15) is 12.2 Å². The second-order valence-electron chi connectivity index (χ2n) is 5.30. The van der Waals surface area contributed by atoms with Crippen LogP contribution in [0.15, 0.2) is 50.5 Å². The zero-order chi connectivity index (χ0) is 17.9. The van der Waals surface area contributed by atoms with Crippen LogP contribution < -0.4 is 15.4 Å². The summed E-state index contributed by atoms with van der Waals surface area (Å²) in [5, 5.41) is 6.52. The molecule has 2 rings (SSSR count). The van der Waals surface area contributed by atoms with Gasteiger partial charge in [-0.2, -0.15) is 0 Å². The van der Waals surface area contributed by atoms with Crippen molar-refractivity contribution in [2.24, 2.45) is 4.99 Å². The van der Waals surface area contributed by atoms with E-state index in [2.05, 4.69) is 31.6 Å². The summed E-state index contributed by atoms with van der Waals surface area (Å²) in [7, 11) is 3.43. The maximum absolute atomic E-state index is 5.71. The second-order valence-corrected chi connectivity index (χ2v) is 6.08. The number of hydrogen-bond donors (Lipinski definition) is 2. The summed E-state index contributed by atoms with van der Waals surface area (Å²) < 4.78 is 16.9. The highest BCUT2D eigenvalue weighted by molar-refractivity contribution is 9.10. The van der Waals surface area contributed by atoms with Crippen LogP contribution in [-0.4, -0.2) is 39.9 Å². The zero-order valence-corrected chi connectivity index (χ0v) is 16.1. The van der Waals surface area contributed by atoms with Gasteiger partial charge in [-0.15, -0.1) is 0 Å². The summed E-state index contributed by atoms with van der Waals surface area (Å²) in [4.78, 5) is 4.23. The van der Waals surface area contributed by atoms with Gasteiger partial charge in [0, 0.05) is 51.9 Å². The van der Waals surface area contributed by atoms with Gasteiger partial charge in [0.1, 0.15) is 11.5 Å². The van der Waals surface area contributed by atoms with Gasteiger partial charge in [0.15, 0.2) is 10.6 Å². The number of guanidine groups is 1. The van der Waals surface area contributed by atoms with Crippen LogP contribution in [0.3, 0.4) is 0 Å². The van der Waals surface area contributed by atoms with Crippen LogP contribution in [0.5, 0.6) is 5.75 Å². The lowest BCUT2D eigenvalue weighted by Gasteiger charge is -2.13. The Labute approximate surface area is 156 Å². The minimum Gasteiger partial charge on any atom is -0.493 e. The molecule has 2 aromatic rings. The number of anilines is 1. The van der Waals surface area contributed by atoms with Gasteiger partial charge in [0.25, 0.3) is 0 Å². The van der Waals surface area contributed by atoms with Crippen molar-refractivity contribution < 1.29 is 13.9 Å². The molecule has 0 saturated heterocycles. The molecule has 0 bridgehead atoms. The quantitative estimate of drug-likeness (QED) is 0.375. The first kappa shape index (κ1) is 19.3. The molecule has 2 N–H and O–H groups in total. The summed E-state index contributed by atoms with van der Waals surface area (Å²) >= 11 is 3.30. The van der Waals surface area contributed by atoms with Gasteiger partial charge in [-0.05, 0) is 40.2 Å². The molecule has 0 aliphatic carbocycles. The standard InChI is InChI=1S/C18H24BrN3O3/c1-20-18(21-10-9-15-7-8-17(19)25-15)22-14-5-3-6-16(13-14)24-12-4-11-23-2/h3,5-8,13H,4,9-12H2,1-2H3,(H2,20,21,22). The molecule has 0 unspecified atom stereocenters. The lowest BCUT2D eigenvalue weighted by atomic mass is 10.3. The van der Waals surface area contributed by atoms with E-state index in [0.29, 0.717) is 25.7 Å². The normalized spacial score (nSPS) is 11.4. The monoisotopic (exact) mass is 409 g/mol. The lowest BCUT2D eigenvalue weighted by molar-refractivity contribution is 0.172. The molecule has 0 amide bonds. The van der Waals surface area contributed by atoms with E-state index in [1.807, 2.05) is 36.4 Å². The topological polar surface area (TPSA) is 68.0 Å². The van der Waals surface area contributed by atoms with E-state index in [9.17, 15) is 0 Å². The van der Waals surface area contributed by atoms with Crippen molar-refractivity contribution >= 4 is 27.6 Å². The number of furan rings is 1. The van der Waals surface area contributed by atoms with E-state index < -0.39 is 0 Å². The van der Waals surface area contributed by atoms with Crippen molar-refractivity contribution in [3.8, 4) is 5.75 Å². The maximum atomic E-state index is 5.71. The average Bonchev–Trinajstić information content (AvgIpc) is 3.03. The Morgan fingerprint density at radius 3 is 2.84 bits per heavy atom. The third-order valence-electron chi connectivity index (χ3n) is 3.37. The molecular formula is C18H24BrN3O3. The molecule has 0 radical (unpaired) electrons. The minimum atomic E-state index is 0.628. The largest absolute Gasteiger partial charge is 0.493 e. The van der Waals surface area contributed by atoms with Crippen LogP contribution >= 0.6 is 15.9 Å². The zero-order valence-electron chi connectivity index (χ0n) is 14.5. The van der Waals surface area contributed by atoms with Gasteiger partial charge >= 0.3 is 0 Å². The Kier molecular flexibility index (Phi) is 8.34. The first-order valence-electron chi connectivity index (χ1n) is 8.15. The van der Waals surface area contributed by atoms with Gasteiger partial charge in [-0.1, -0.05) is 6.07 Å². The molecule has 0 fully saturated rings. The Balaban J connectivity index is 1.79. The minimum absolute atomic E-state index is 0.628. The van der Waals surface area contributed by atoms with Crippen molar-refractivity contribution in [1.29, 1.82) is 0 Å². The van der Waals surface area contributed by atoms with Crippen molar-refractivity contribution in [2.45, 2.75) is 12.8 Å². The average molecular weight is 410 g/mol. The third-order valence-corrected chi connectivity index (χ3v) is 3.80. The highest BCUT2D eigenvalue weighted by Crippen LogP contribution is 2.17. The number of benzene rings is 1. The SMILES string of the molecule is CN=C(NCCc1ccc(Br)o1)Nc1cccc(OCCCOC)c1. The van der Waals surface area contributed by atoms with E-state index in [0.717, 1.165) is 34.7 Å². The predicted octanol–water partition coefficient (Wildman–Crippen LogP) is 3.69. The van der Waals surface area contributed by atoms with E-state index in [1.54, 1.807) is 14.2 Å². The van der Waals surface area contributed by atoms with Crippen molar-refractivity contribution in [3.63, 3.8) is 0 Å². The fourth-order valence-corrected chi connectivity index (χ4v) is 2.50. The third kappa shape index (κ3) is 7.19. The van der Waals surface area contributed by atoms with Gasteiger partial charge < -0.3 is 24.5 Å². The molecule has 1 aromatic carbocycles. The van der Waals surface area contributed by atoms with Crippen molar-refractivity contribution in [1.82, 2.24) is 5.32 Å². The van der Waals surface area contributed by atoms with Gasteiger partial charge in [0.05, 0.1) is 6.61 Å². The maximum Gasteiger partial charge on any atom is 0.195 e. The van der Waals surface area contributed by atoms with Gasteiger partial charge in [-0.3, -0.25) is 4.99 Å². The summed E-state index contributed by atoms with van der Waals surface area (Å²) in [6.07, 6.45) is 1.63. The summed E-state index contributed by atoms with van der Waals surface area (Å²) in [6, 6.07) is 11.6. The molecule has 6 nitrogen and oxygen atoms in total. The number of rotatable bonds is 9. The molecule has 0 atom stereocenters. The van der Waals surface area contributed by atoms with E-state index in [1.165, 1.54) is 0 Å². The predicted molar refractivity (Wildman–Crippen MR) is 104 cm³/mol. The van der Waals surface area contributed by atoms with E-state index >= 15 is 0 Å². The summed E-state index contributed by atoms with van der Waals surface area (Å²) in [5.41, 5.74) is 0.915. The summed E-state index contributed by atoms with van der Waals surface area (Å²) in [6.45, 7) is 2.04. The number of halogens is 1. The number of nitrogens with one attached hydrogen (secondary N) is 2. The first-order chi connectivity index (χ1) is 12.2. The fourth-order valence-electron chi connectivity index (χ4n) is 2.16. The van der Waals surface area contributed by atoms with Gasteiger partial charge in [-0.25, -0.2) is 0 Å². The lowest BCUT2D eigenvalue weighted by Crippen LogP contribution is -2.32. The molecule has 0 spiro atoms. The number of hydrogen-bond acceptors (Lipinski definition) is 4. The molecule has 7 heteroatoms. The van der Waals surface area contributed by atoms with Crippen molar-refractivity contribution in [3.05, 3.63) is 46.8 Å². The summed E-state index contributed by atoms with van der Waals surface area (Å²) in [5.74, 6) is 2.43. The Hall–Kier alpha value is -1.99. The molecular weight excluding hydrogens is 386 g/mol. The van der Waals surface area contributed by atoms with E-state index in [4.69, 9.17) is 13.9 Å². The molecule has 0 aliphatic rings. The van der Waals surface area contributed by atoms with Crippen LogP contribution in [0, 0.1) is 0 Å². The smallest absolute Gasteiger partial charge is 0.195 e. The molecule has 0 saturated carbocycles. The Morgan fingerprint density at radius 2 is 2.12 bits per heavy atom. The van der Waals surface area contributed by atoms with Crippen LogP contribution in [0.25, 0.3) is 0 Å². The first-order valence-corrected chi connectivity index (χ1v) is 8.94. The number of methoxy groups -OCH3 is 1. The highest BCUT2D eigenvalue weighted by Gasteiger charge is 2.03. The molecule has 25 heavy (non-hydrogen) atoms.